The third-order valence-electron chi connectivity index (χ3n) is 4.57. The number of aromatic nitrogens is 3. The van der Waals surface area contributed by atoms with Crippen molar-refractivity contribution in [2.45, 2.75) is 13.1 Å². The Balaban J connectivity index is 1.80. The lowest BCUT2D eigenvalue weighted by Gasteiger charge is -2.12. The van der Waals surface area contributed by atoms with Gasteiger partial charge in [0, 0.05) is 5.02 Å². The van der Waals surface area contributed by atoms with Crippen molar-refractivity contribution >= 4 is 17.5 Å². The molecule has 2 heterocycles. The fraction of sp³-hybridized carbons (Fsp3) is 0.0909. The Morgan fingerprint density at radius 2 is 1.74 bits per heavy atom. The zero-order chi connectivity index (χ0) is 21.8. The molecule has 156 valence electrons. The van der Waals surface area contributed by atoms with E-state index < -0.39 is 22.9 Å². The number of furan rings is 1. The van der Waals surface area contributed by atoms with Crippen LogP contribution >= 0.6 is 11.6 Å². The standard InChI is InChI=1S/C22H17ClN4O4/c23-18-11-5-4-7-15(18)14-26-21(29)19(20(28)24-13-17-10-6-12-31-17)25-27(22(26)30)16-8-2-1-3-9-16/h1-12H,13-14H2,(H,24,28). The molecule has 4 rings (SSSR count). The van der Waals surface area contributed by atoms with Crippen molar-refractivity contribution in [1.82, 2.24) is 19.7 Å². The molecule has 0 spiro atoms. The van der Waals surface area contributed by atoms with Crippen LogP contribution in [0.1, 0.15) is 21.8 Å². The van der Waals surface area contributed by atoms with E-state index in [1.807, 2.05) is 0 Å². The van der Waals surface area contributed by atoms with E-state index in [4.69, 9.17) is 16.0 Å². The third kappa shape index (κ3) is 4.34. The molecule has 0 saturated carbocycles. The van der Waals surface area contributed by atoms with Gasteiger partial charge in [-0.25, -0.2) is 4.79 Å². The average Bonchev–Trinajstić information content (AvgIpc) is 3.31. The highest BCUT2D eigenvalue weighted by atomic mass is 35.5. The zero-order valence-corrected chi connectivity index (χ0v) is 17.0. The molecule has 31 heavy (non-hydrogen) atoms. The van der Waals surface area contributed by atoms with Crippen LogP contribution in [0.5, 0.6) is 0 Å². The van der Waals surface area contributed by atoms with Gasteiger partial charge in [-0.05, 0) is 35.9 Å². The Kier molecular flexibility index (Phi) is 5.81. The molecular weight excluding hydrogens is 420 g/mol. The molecule has 0 aliphatic heterocycles. The van der Waals surface area contributed by atoms with Crippen LogP contribution in [0, 0.1) is 0 Å². The van der Waals surface area contributed by atoms with E-state index in [1.54, 1.807) is 66.7 Å². The number of para-hydroxylation sites is 1. The SMILES string of the molecule is O=C(NCc1ccco1)c1nn(-c2ccccc2)c(=O)n(Cc2ccccc2Cl)c1=O. The largest absolute Gasteiger partial charge is 0.467 e. The topological polar surface area (TPSA) is 99.1 Å². The van der Waals surface area contributed by atoms with E-state index in [9.17, 15) is 14.4 Å². The highest BCUT2D eigenvalue weighted by molar-refractivity contribution is 6.31. The highest BCUT2D eigenvalue weighted by Crippen LogP contribution is 2.15. The van der Waals surface area contributed by atoms with Crippen LogP contribution in [0.2, 0.25) is 5.02 Å². The Morgan fingerprint density at radius 3 is 2.45 bits per heavy atom. The number of carbonyl (C=O) groups excluding carboxylic acids is 1. The van der Waals surface area contributed by atoms with Crippen molar-refractivity contribution < 1.29 is 9.21 Å². The maximum atomic E-state index is 13.1. The van der Waals surface area contributed by atoms with E-state index in [0.29, 0.717) is 22.0 Å². The lowest BCUT2D eigenvalue weighted by molar-refractivity contribution is 0.0938. The molecule has 0 atom stereocenters. The van der Waals surface area contributed by atoms with Gasteiger partial charge in [-0.2, -0.15) is 9.78 Å². The van der Waals surface area contributed by atoms with Crippen LogP contribution in [-0.2, 0) is 13.1 Å². The number of hydrogen-bond donors (Lipinski definition) is 1. The summed E-state index contributed by atoms with van der Waals surface area (Å²) in [6.07, 6.45) is 1.48. The van der Waals surface area contributed by atoms with E-state index in [1.165, 1.54) is 6.26 Å². The van der Waals surface area contributed by atoms with Gasteiger partial charge in [0.05, 0.1) is 25.0 Å². The smallest absolute Gasteiger partial charge is 0.352 e. The molecule has 1 N–H and O–H groups in total. The summed E-state index contributed by atoms with van der Waals surface area (Å²) in [5, 5.41) is 7.06. The minimum Gasteiger partial charge on any atom is -0.467 e. The van der Waals surface area contributed by atoms with Gasteiger partial charge in [0.2, 0.25) is 5.69 Å². The summed E-state index contributed by atoms with van der Waals surface area (Å²) >= 11 is 6.22. The average molecular weight is 437 g/mol. The zero-order valence-electron chi connectivity index (χ0n) is 16.2. The summed E-state index contributed by atoms with van der Waals surface area (Å²) in [6, 6.07) is 18.8. The van der Waals surface area contributed by atoms with Gasteiger partial charge >= 0.3 is 5.69 Å². The molecule has 0 saturated heterocycles. The lowest BCUT2D eigenvalue weighted by atomic mass is 10.2. The van der Waals surface area contributed by atoms with E-state index in [-0.39, 0.29) is 13.1 Å². The number of rotatable bonds is 6. The summed E-state index contributed by atoms with van der Waals surface area (Å²) in [4.78, 5) is 38.9. The van der Waals surface area contributed by atoms with E-state index in [2.05, 4.69) is 10.4 Å². The van der Waals surface area contributed by atoms with Gasteiger partial charge in [-0.3, -0.25) is 14.2 Å². The van der Waals surface area contributed by atoms with Crippen LogP contribution in [0.4, 0.5) is 0 Å². The van der Waals surface area contributed by atoms with Gasteiger partial charge in [-0.15, -0.1) is 0 Å². The lowest BCUT2D eigenvalue weighted by Crippen LogP contribution is -2.46. The number of nitrogens with zero attached hydrogens (tertiary/aromatic N) is 3. The summed E-state index contributed by atoms with van der Waals surface area (Å²) in [5.74, 6) is -0.208. The number of benzene rings is 2. The van der Waals surface area contributed by atoms with Gasteiger partial charge < -0.3 is 9.73 Å². The third-order valence-corrected chi connectivity index (χ3v) is 4.93. The van der Waals surface area contributed by atoms with Gasteiger partial charge in [0.1, 0.15) is 5.76 Å². The van der Waals surface area contributed by atoms with Crippen LogP contribution < -0.4 is 16.6 Å². The molecule has 0 fully saturated rings. The molecule has 0 bridgehead atoms. The Hall–Kier alpha value is -3.91. The highest BCUT2D eigenvalue weighted by Gasteiger charge is 2.21. The van der Waals surface area contributed by atoms with Crippen LogP contribution in [0.25, 0.3) is 5.69 Å². The van der Waals surface area contributed by atoms with Gasteiger partial charge in [0.15, 0.2) is 0 Å². The van der Waals surface area contributed by atoms with Crippen molar-refractivity contribution in [2.24, 2.45) is 0 Å². The van der Waals surface area contributed by atoms with Crippen molar-refractivity contribution in [2.75, 3.05) is 0 Å². The molecule has 0 aliphatic rings. The second-order valence-corrected chi connectivity index (χ2v) is 7.03. The fourth-order valence-electron chi connectivity index (χ4n) is 3.00. The van der Waals surface area contributed by atoms with E-state index in [0.717, 1.165) is 9.25 Å². The summed E-state index contributed by atoms with van der Waals surface area (Å²) < 4.78 is 7.17. The van der Waals surface area contributed by atoms with E-state index >= 15 is 0 Å². The predicted molar refractivity (Wildman–Crippen MR) is 115 cm³/mol. The Morgan fingerprint density at radius 1 is 1.00 bits per heavy atom. The van der Waals surface area contributed by atoms with Crippen molar-refractivity contribution in [3.63, 3.8) is 0 Å². The minimum absolute atomic E-state index is 0.0714. The maximum Gasteiger partial charge on any atom is 0.352 e. The molecule has 2 aromatic carbocycles. The van der Waals surface area contributed by atoms with Crippen molar-refractivity contribution in [3.05, 3.63) is 116 Å². The number of amides is 1. The monoisotopic (exact) mass is 436 g/mol. The normalized spacial score (nSPS) is 10.7. The Labute approximate surface area is 181 Å². The molecule has 0 radical (unpaired) electrons. The first-order valence-electron chi connectivity index (χ1n) is 9.38. The molecule has 4 aromatic rings. The number of carbonyl (C=O) groups is 1. The van der Waals surface area contributed by atoms with Crippen LogP contribution in [-0.4, -0.2) is 20.3 Å². The molecular formula is C22H17ClN4O4. The number of hydrogen-bond acceptors (Lipinski definition) is 5. The summed E-state index contributed by atoms with van der Waals surface area (Å²) in [7, 11) is 0. The summed E-state index contributed by atoms with van der Waals surface area (Å²) in [5.41, 5.74) is -0.925. The van der Waals surface area contributed by atoms with Crippen LogP contribution in [0.3, 0.4) is 0 Å². The molecule has 2 aromatic heterocycles. The molecule has 8 nitrogen and oxygen atoms in total. The first-order chi connectivity index (χ1) is 15.0. The first-order valence-corrected chi connectivity index (χ1v) is 9.76. The first kappa shape index (κ1) is 20.4. The quantitative estimate of drug-likeness (QED) is 0.501. The Bertz CT molecular complexity index is 1330. The number of halogens is 1. The second kappa shape index (κ2) is 8.85. The second-order valence-electron chi connectivity index (χ2n) is 6.62. The predicted octanol–water partition coefficient (Wildman–Crippen LogP) is 2.62. The fourth-order valence-corrected chi connectivity index (χ4v) is 3.19. The summed E-state index contributed by atoms with van der Waals surface area (Å²) in [6.45, 7) is -0.0346. The molecule has 9 heteroatoms. The molecule has 1 amide bonds. The van der Waals surface area contributed by atoms with Crippen molar-refractivity contribution in [3.8, 4) is 5.69 Å². The number of nitrogens with one attached hydrogen (secondary N) is 1. The molecule has 0 unspecified atom stereocenters. The van der Waals surface area contributed by atoms with Crippen molar-refractivity contribution in [1.29, 1.82) is 0 Å². The van der Waals surface area contributed by atoms with Crippen LogP contribution in [0.15, 0.2) is 87.0 Å². The molecule has 0 aliphatic carbocycles. The minimum atomic E-state index is -0.811. The van der Waals surface area contributed by atoms with Gasteiger partial charge in [-0.1, -0.05) is 48.0 Å². The van der Waals surface area contributed by atoms with Gasteiger partial charge in [0.25, 0.3) is 11.5 Å². The maximum absolute atomic E-state index is 13.1.